The van der Waals surface area contributed by atoms with E-state index in [1.54, 1.807) is 12.1 Å². The zero-order valence-electron chi connectivity index (χ0n) is 9.47. The fourth-order valence-electron chi connectivity index (χ4n) is 1.35. The molecule has 1 unspecified atom stereocenters. The quantitative estimate of drug-likeness (QED) is 0.784. The van der Waals surface area contributed by atoms with Crippen LogP contribution in [0.25, 0.3) is 0 Å². The molecule has 0 aliphatic carbocycles. The number of hydrogen-bond donors (Lipinski definition) is 1. The molecule has 1 N–H and O–H groups in total. The monoisotopic (exact) mass is 232 g/mol. The lowest BCUT2D eigenvalue weighted by Crippen LogP contribution is -2.20. The Morgan fingerprint density at radius 1 is 1.00 bits per heavy atom. The molecule has 0 fully saturated rings. The summed E-state index contributed by atoms with van der Waals surface area (Å²) < 4.78 is 36.7. The van der Waals surface area contributed by atoms with E-state index in [0.29, 0.717) is 0 Å². The number of rotatable bonds is 1. The Balaban J connectivity index is 2.96. The van der Waals surface area contributed by atoms with Crippen LogP contribution in [-0.4, -0.2) is 11.3 Å². The predicted molar refractivity (Wildman–Crippen MR) is 56.2 cm³/mol. The highest BCUT2D eigenvalue weighted by Crippen LogP contribution is 2.33. The van der Waals surface area contributed by atoms with E-state index in [9.17, 15) is 13.2 Å². The number of hydrogen-bond acceptors (Lipinski definition) is 1. The van der Waals surface area contributed by atoms with Gasteiger partial charge in [0.1, 0.15) is 0 Å². The smallest absolute Gasteiger partial charge is 0.379 e. The Morgan fingerprint density at radius 3 is 1.75 bits per heavy atom. The van der Waals surface area contributed by atoms with E-state index >= 15 is 0 Å². The Morgan fingerprint density at radius 2 is 1.44 bits per heavy atom. The van der Waals surface area contributed by atoms with Crippen LogP contribution in [0.1, 0.15) is 38.0 Å². The van der Waals surface area contributed by atoms with Crippen LogP contribution in [-0.2, 0) is 5.41 Å². The number of aliphatic hydroxyl groups excluding tert-OH is 1. The fourth-order valence-corrected chi connectivity index (χ4v) is 1.35. The zero-order chi connectivity index (χ0) is 12.6. The molecule has 1 nitrogen and oxygen atoms in total. The molecule has 0 aromatic heterocycles. The second kappa shape index (κ2) is 4.09. The molecule has 0 aliphatic heterocycles. The van der Waals surface area contributed by atoms with Crippen molar-refractivity contribution in [2.75, 3.05) is 0 Å². The van der Waals surface area contributed by atoms with E-state index in [0.717, 1.165) is 5.56 Å². The molecule has 1 aromatic rings. The van der Waals surface area contributed by atoms with E-state index < -0.39 is 12.3 Å². The molecule has 16 heavy (non-hydrogen) atoms. The van der Waals surface area contributed by atoms with Gasteiger partial charge in [-0.25, -0.2) is 0 Å². The van der Waals surface area contributed by atoms with E-state index in [2.05, 4.69) is 0 Å². The summed E-state index contributed by atoms with van der Waals surface area (Å²) in [6, 6.07) is 5.87. The highest BCUT2D eigenvalue weighted by molar-refractivity contribution is 5.29. The van der Waals surface area contributed by atoms with Gasteiger partial charge >= 0.3 is 6.18 Å². The summed E-state index contributed by atoms with van der Waals surface area (Å²) in [5.41, 5.74) is 0.702. The summed E-state index contributed by atoms with van der Waals surface area (Å²) in [4.78, 5) is 0. The van der Waals surface area contributed by atoms with Crippen molar-refractivity contribution >= 4 is 0 Å². The first kappa shape index (κ1) is 13.0. The number of benzene rings is 1. The van der Waals surface area contributed by atoms with Crippen LogP contribution in [0.15, 0.2) is 24.3 Å². The second-order valence-electron chi connectivity index (χ2n) is 4.82. The first-order valence-electron chi connectivity index (χ1n) is 4.97. The van der Waals surface area contributed by atoms with Crippen LogP contribution >= 0.6 is 0 Å². The summed E-state index contributed by atoms with van der Waals surface area (Å²) in [6.45, 7) is 5.92. The maximum Gasteiger partial charge on any atom is 0.418 e. The topological polar surface area (TPSA) is 20.2 Å². The van der Waals surface area contributed by atoms with Crippen LogP contribution in [0.4, 0.5) is 13.2 Å². The van der Waals surface area contributed by atoms with Crippen molar-refractivity contribution in [3.05, 3.63) is 35.4 Å². The highest BCUT2D eigenvalue weighted by atomic mass is 19.4. The average molecular weight is 232 g/mol. The van der Waals surface area contributed by atoms with Gasteiger partial charge in [-0.05, 0) is 16.5 Å². The third-order valence-corrected chi connectivity index (χ3v) is 2.40. The summed E-state index contributed by atoms with van der Waals surface area (Å²) in [6.07, 6.45) is -7.01. The van der Waals surface area contributed by atoms with Crippen molar-refractivity contribution in [3.63, 3.8) is 0 Å². The Kier molecular flexibility index (Phi) is 3.33. The molecule has 1 rings (SSSR count). The lowest BCUT2D eigenvalue weighted by atomic mass is 9.86. The van der Waals surface area contributed by atoms with Gasteiger partial charge in [0.25, 0.3) is 0 Å². The van der Waals surface area contributed by atoms with Gasteiger partial charge in [0.05, 0.1) is 0 Å². The second-order valence-corrected chi connectivity index (χ2v) is 4.82. The largest absolute Gasteiger partial charge is 0.418 e. The Labute approximate surface area is 92.9 Å². The van der Waals surface area contributed by atoms with Gasteiger partial charge in [-0.15, -0.1) is 0 Å². The molecule has 0 spiro atoms. The molecule has 0 saturated heterocycles. The van der Waals surface area contributed by atoms with Crippen molar-refractivity contribution in [2.24, 2.45) is 0 Å². The van der Waals surface area contributed by atoms with Gasteiger partial charge in [-0.3, -0.25) is 0 Å². The SMILES string of the molecule is CC(C)(C)c1ccc(C(O)C(F)(F)F)cc1. The average Bonchev–Trinajstić information content (AvgIpc) is 2.14. The van der Waals surface area contributed by atoms with Crippen LogP contribution in [0.3, 0.4) is 0 Å². The van der Waals surface area contributed by atoms with Gasteiger partial charge in [-0.1, -0.05) is 45.0 Å². The number of aliphatic hydroxyl groups is 1. The van der Waals surface area contributed by atoms with E-state index in [4.69, 9.17) is 5.11 Å². The van der Waals surface area contributed by atoms with Gasteiger partial charge in [0.15, 0.2) is 6.10 Å². The van der Waals surface area contributed by atoms with Crippen LogP contribution in [0.5, 0.6) is 0 Å². The normalized spacial score (nSPS) is 14.9. The molecule has 90 valence electrons. The molecule has 0 heterocycles. The Bertz CT molecular complexity index is 346. The molecular formula is C12H15F3O. The minimum atomic E-state index is -4.61. The maximum absolute atomic E-state index is 12.2. The molecule has 1 aromatic carbocycles. The van der Waals surface area contributed by atoms with E-state index in [-0.39, 0.29) is 11.0 Å². The van der Waals surface area contributed by atoms with Crippen molar-refractivity contribution in [3.8, 4) is 0 Å². The van der Waals surface area contributed by atoms with E-state index in [1.165, 1.54) is 12.1 Å². The third-order valence-electron chi connectivity index (χ3n) is 2.40. The highest BCUT2D eigenvalue weighted by Gasteiger charge is 2.39. The van der Waals surface area contributed by atoms with Crippen molar-refractivity contribution in [1.29, 1.82) is 0 Å². The maximum atomic E-state index is 12.2. The molecule has 0 amide bonds. The van der Waals surface area contributed by atoms with Crippen molar-refractivity contribution in [2.45, 2.75) is 38.5 Å². The van der Waals surface area contributed by atoms with Gasteiger partial charge in [0, 0.05) is 0 Å². The molecule has 4 heteroatoms. The summed E-state index contributed by atoms with van der Waals surface area (Å²) >= 11 is 0. The first-order chi connectivity index (χ1) is 7.12. The van der Waals surface area contributed by atoms with Crippen molar-refractivity contribution in [1.82, 2.24) is 0 Å². The zero-order valence-corrected chi connectivity index (χ0v) is 9.47. The third kappa shape index (κ3) is 2.98. The first-order valence-corrected chi connectivity index (χ1v) is 4.97. The van der Waals surface area contributed by atoms with Crippen LogP contribution < -0.4 is 0 Å². The fraction of sp³-hybridized carbons (Fsp3) is 0.500. The number of halogens is 3. The number of alkyl halides is 3. The molecule has 1 atom stereocenters. The lowest BCUT2D eigenvalue weighted by Gasteiger charge is -2.20. The summed E-state index contributed by atoms with van der Waals surface area (Å²) in [7, 11) is 0. The Hall–Kier alpha value is -1.03. The molecule has 0 bridgehead atoms. The summed E-state index contributed by atoms with van der Waals surface area (Å²) in [5.74, 6) is 0. The van der Waals surface area contributed by atoms with Crippen LogP contribution in [0.2, 0.25) is 0 Å². The van der Waals surface area contributed by atoms with Gasteiger partial charge < -0.3 is 5.11 Å². The van der Waals surface area contributed by atoms with Gasteiger partial charge in [0.2, 0.25) is 0 Å². The lowest BCUT2D eigenvalue weighted by molar-refractivity contribution is -0.206. The molecule has 0 aliphatic rings. The van der Waals surface area contributed by atoms with E-state index in [1.807, 2.05) is 20.8 Å². The van der Waals surface area contributed by atoms with Gasteiger partial charge in [-0.2, -0.15) is 13.2 Å². The predicted octanol–water partition coefficient (Wildman–Crippen LogP) is 3.58. The van der Waals surface area contributed by atoms with Crippen molar-refractivity contribution < 1.29 is 18.3 Å². The molecule has 0 saturated carbocycles. The summed E-state index contributed by atoms with van der Waals surface area (Å²) in [5, 5.41) is 9.03. The minimum absolute atomic E-state index is 0.109. The minimum Gasteiger partial charge on any atom is -0.379 e. The standard InChI is InChI=1S/C12H15F3O/c1-11(2,3)9-6-4-8(5-7-9)10(16)12(13,14)15/h4-7,10,16H,1-3H3. The molecule has 0 radical (unpaired) electrons. The van der Waals surface area contributed by atoms with Crippen LogP contribution in [0, 0.1) is 0 Å². The molecular weight excluding hydrogens is 217 g/mol.